The van der Waals surface area contributed by atoms with Crippen LogP contribution in [-0.2, 0) is 15.1 Å². The maximum atomic E-state index is 11.9. The number of aliphatic hydroxyl groups is 1. The van der Waals surface area contributed by atoms with Gasteiger partial charge in [-0.15, -0.1) is 21.8 Å². The van der Waals surface area contributed by atoms with Gasteiger partial charge in [-0.3, -0.25) is 0 Å². The molecular formula is C12H12O3S2. The third kappa shape index (κ3) is 1.90. The van der Waals surface area contributed by atoms with Crippen molar-refractivity contribution in [1.82, 2.24) is 0 Å². The second-order valence-corrected chi connectivity index (χ2v) is 5.98. The molecule has 0 spiro atoms. The van der Waals surface area contributed by atoms with Crippen molar-refractivity contribution in [2.45, 2.75) is 5.60 Å². The summed E-state index contributed by atoms with van der Waals surface area (Å²) in [5, 5.41) is 14.4. The highest BCUT2D eigenvalue weighted by atomic mass is 32.2. The molecule has 1 aliphatic heterocycles. The van der Waals surface area contributed by atoms with E-state index in [0.717, 1.165) is 0 Å². The first kappa shape index (κ1) is 12.3. The molecule has 0 aliphatic carbocycles. The molecule has 90 valence electrons. The van der Waals surface area contributed by atoms with E-state index in [4.69, 9.17) is 4.74 Å². The first-order valence-electron chi connectivity index (χ1n) is 4.87. The molecule has 1 N–H and O–H groups in total. The van der Waals surface area contributed by atoms with Gasteiger partial charge in [-0.1, -0.05) is 18.0 Å². The van der Waals surface area contributed by atoms with Crippen molar-refractivity contribution in [1.29, 1.82) is 0 Å². The molecular weight excluding hydrogens is 256 g/mol. The maximum absolute atomic E-state index is 11.9. The minimum Gasteiger partial charge on any atom is -0.466 e. The number of esters is 1. The molecule has 0 aromatic carbocycles. The number of carbonyl (C=O) groups excluding carboxylic acids is 1. The summed E-state index contributed by atoms with van der Waals surface area (Å²) >= 11 is 1.32. The lowest BCUT2D eigenvalue weighted by molar-refractivity contribution is -0.158. The fourth-order valence-electron chi connectivity index (χ4n) is 1.65. The average Bonchev–Trinajstić information content (AvgIpc) is 2.97. The van der Waals surface area contributed by atoms with Gasteiger partial charge < -0.3 is 9.84 Å². The molecule has 1 aromatic rings. The highest BCUT2D eigenvalue weighted by Gasteiger charge is 2.45. The van der Waals surface area contributed by atoms with E-state index in [1.807, 2.05) is 10.8 Å². The van der Waals surface area contributed by atoms with Crippen molar-refractivity contribution in [2.75, 3.05) is 7.11 Å². The third-order valence-electron chi connectivity index (χ3n) is 2.49. The van der Waals surface area contributed by atoms with Crippen molar-refractivity contribution in [3.63, 3.8) is 0 Å². The molecule has 0 radical (unpaired) electrons. The smallest absolute Gasteiger partial charge is 0.348 e. The Morgan fingerprint density at radius 2 is 2.41 bits per heavy atom. The van der Waals surface area contributed by atoms with Crippen molar-refractivity contribution < 1.29 is 14.6 Å². The van der Waals surface area contributed by atoms with E-state index < -0.39 is 22.1 Å². The Hall–Kier alpha value is -1.17. The van der Waals surface area contributed by atoms with E-state index in [9.17, 15) is 9.90 Å². The number of ether oxygens (including phenoxy) is 1. The minimum atomic E-state index is -1.71. The molecule has 2 heterocycles. The molecule has 2 unspecified atom stereocenters. The Bertz CT molecular complexity index is 514. The van der Waals surface area contributed by atoms with E-state index in [1.165, 1.54) is 18.4 Å². The second-order valence-electron chi connectivity index (χ2n) is 3.47. The lowest BCUT2D eigenvalue weighted by Crippen LogP contribution is -2.37. The van der Waals surface area contributed by atoms with Gasteiger partial charge in [0.2, 0.25) is 5.60 Å². The predicted molar refractivity (Wildman–Crippen MR) is 72.2 cm³/mol. The van der Waals surface area contributed by atoms with E-state index in [1.54, 1.807) is 24.3 Å². The number of rotatable bonds is 3. The minimum absolute atomic E-state index is 0.500. The van der Waals surface area contributed by atoms with Gasteiger partial charge in [0.05, 0.1) is 12.0 Å². The van der Waals surface area contributed by atoms with Crippen LogP contribution in [-0.4, -0.2) is 24.1 Å². The lowest BCUT2D eigenvalue weighted by atomic mass is 10.0. The Morgan fingerprint density at radius 1 is 1.65 bits per heavy atom. The summed E-state index contributed by atoms with van der Waals surface area (Å²) in [5.41, 5.74) is -1.71. The molecule has 17 heavy (non-hydrogen) atoms. The highest BCUT2D eigenvalue weighted by Crippen LogP contribution is 2.45. The lowest BCUT2D eigenvalue weighted by Gasteiger charge is -2.26. The monoisotopic (exact) mass is 268 g/mol. The molecule has 2 rings (SSSR count). The van der Waals surface area contributed by atoms with Crippen LogP contribution in [0.3, 0.4) is 0 Å². The molecule has 1 aromatic heterocycles. The zero-order valence-corrected chi connectivity index (χ0v) is 10.9. The van der Waals surface area contributed by atoms with Crippen LogP contribution in [0.5, 0.6) is 0 Å². The zero-order valence-electron chi connectivity index (χ0n) is 9.25. The molecule has 3 nitrogen and oxygen atoms in total. The van der Waals surface area contributed by atoms with Gasteiger partial charge in [-0.05, 0) is 22.9 Å². The van der Waals surface area contributed by atoms with Gasteiger partial charge in [-0.2, -0.15) is 0 Å². The van der Waals surface area contributed by atoms with Crippen LogP contribution in [0.15, 0.2) is 40.0 Å². The number of carbonyl (C=O) groups is 1. The third-order valence-corrected chi connectivity index (χ3v) is 4.95. The van der Waals surface area contributed by atoms with Crippen molar-refractivity contribution in [3.8, 4) is 0 Å². The second kappa shape index (κ2) is 4.60. The van der Waals surface area contributed by atoms with Crippen molar-refractivity contribution in [3.05, 3.63) is 44.9 Å². The average molecular weight is 268 g/mol. The molecule has 0 amide bonds. The van der Waals surface area contributed by atoms with E-state index in [0.29, 0.717) is 9.78 Å². The summed E-state index contributed by atoms with van der Waals surface area (Å²) < 4.78 is 4.73. The summed E-state index contributed by atoms with van der Waals surface area (Å²) in [6.45, 7) is 0. The fourth-order valence-corrected chi connectivity index (χ4v) is 3.78. The first-order valence-corrected chi connectivity index (χ1v) is 7.21. The largest absolute Gasteiger partial charge is 0.466 e. The topological polar surface area (TPSA) is 46.5 Å². The molecule has 0 saturated heterocycles. The maximum Gasteiger partial charge on any atom is 0.348 e. The number of methoxy groups -OCH3 is 1. The van der Waals surface area contributed by atoms with Gasteiger partial charge >= 0.3 is 5.97 Å². The standard InChI is InChI=1S/C12H12O3S2/c1-15-11(13)12(14,9-5-3-7-16-9)10-6-4-8-17(10)2/h3-8,14H,2H2,1H3. The Kier molecular flexibility index (Phi) is 3.33. The van der Waals surface area contributed by atoms with Gasteiger partial charge in [0.15, 0.2) is 0 Å². The molecule has 0 bridgehead atoms. The predicted octanol–water partition coefficient (Wildman–Crippen LogP) is 2.22. The number of thiophene rings is 1. The SMILES string of the molecule is C=S1C=CC=C1C(O)(C(=O)OC)c1cccs1. The summed E-state index contributed by atoms with van der Waals surface area (Å²) in [4.78, 5) is 13.0. The normalized spacial score (nSPS) is 22.0. The first-order chi connectivity index (χ1) is 8.10. The summed E-state index contributed by atoms with van der Waals surface area (Å²) in [6.07, 6.45) is 3.53. The fraction of sp³-hybridized carbons (Fsp3) is 0.167. The van der Waals surface area contributed by atoms with Gasteiger partial charge in [0.25, 0.3) is 0 Å². The van der Waals surface area contributed by atoms with E-state index in [-0.39, 0.29) is 0 Å². The molecule has 5 heteroatoms. The Morgan fingerprint density at radius 3 is 2.88 bits per heavy atom. The van der Waals surface area contributed by atoms with Crippen LogP contribution in [0.4, 0.5) is 0 Å². The quantitative estimate of drug-likeness (QED) is 0.675. The Balaban J connectivity index is 2.53. The molecule has 0 saturated carbocycles. The summed E-state index contributed by atoms with van der Waals surface area (Å²) in [5.74, 6) is 3.25. The van der Waals surface area contributed by atoms with E-state index in [2.05, 4.69) is 5.87 Å². The van der Waals surface area contributed by atoms with Gasteiger partial charge in [0.1, 0.15) is 0 Å². The van der Waals surface area contributed by atoms with Crippen LogP contribution >= 0.6 is 21.8 Å². The van der Waals surface area contributed by atoms with Crippen LogP contribution < -0.4 is 0 Å². The number of allylic oxidation sites excluding steroid dienone is 2. The van der Waals surface area contributed by atoms with Gasteiger partial charge in [0, 0.05) is 4.91 Å². The summed E-state index contributed by atoms with van der Waals surface area (Å²) in [6, 6.07) is 3.51. The van der Waals surface area contributed by atoms with Crippen molar-refractivity contribution >= 4 is 33.7 Å². The van der Waals surface area contributed by atoms with Gasteiger partial charge in [-0.25, -0.2) is 4.79 Å². The zero-order chi connectivity index (χ0) is 12.5. The van der Waals surface area contributed by atoms with Crippen LogP contribution in [0, 0.1) is 0 Å². The van der Waals surface area contributed by atoms with Crippen LogP contribution in [0.2, 0.25) is 0 Å². The number of hydrogen-bond acceptors (Lipinski definition) is 4. The molecule has 0 fully saturated rings. The van der Waals surface area contributed by atoms with E-state index >= 15 is 0 Å². The van der Waals surface area contributed by atoms with Crippen LogP contribution in [0.25, 0.3) is 0 Å². The molecule has 2 atom stereocenters. The highest BCUT2D eigenvalue weighted by molar-refractivity contribution is 8.20. The molecule has 1 aliphatic rings. The van der Waals surface area contributed by atoms with Crippen LogP contribution in [0.1, 0.15) is 4.88 Å². The number of hydrogen-bond donors (Lipinski definition) is 1. The Labute approximate surface area is 106 Å². The van der Waals surface area contributed by atoms with Crippen molar-refractivity contribution in [2.24, 2.45) is 0 Å². The summed E-state index contributed by atoms with van der Waals surface area (Å²) in [7, 11) is 0.768.